The van der Waals surface area contributed by atoms with E-state index in [1.807, 2.05) is 43.3 Å². The molecule has 0 fully saturated rings. The van der Waals surface area contributed by atoms with Crippen LogP contribution in [0.5, 0.6) is 5.75 Å². The molecule has 0 bridgehead atoms. The van der Waals surface area contributed by atoms with Crippen LogP contribution in [0.1, 0.15) is 43.6 Å². The van der Waals surface area contributed by atoms with Crippen molar-refractivity contribution < 1.29 is 4.74 Å². The van der Waals surface area contributed by atoms with E-state index in [0.717, 1.165) is 11.3 Å². The van der Waals surface area contributed by atoms with Gasteiger partial charge in [0.1, 0.15) is 5.75 Å². The molecule has 0 saturated heterocycles. The van der Waals surface area contributed by atoms with E-state index in [0.29, 0.717) is 23.2 Å². The van der Waals surface area contributed by atoms with Crippen molar-refractivity contribution in [2.24, 2.45) is 0 Å². The van der Waals surface area contributed by atoms with E-state index in [1.54, 1.807) is 0 Å². The van der Waals surface area contributed by atoms with Crippen molar-refractivity contribution in [3.05, 3.63) is 70.5 Å². The third-order valence-corrected chi connectivity index (χ3v) is 4.41. The molecule has 1 aromatic heterocycles. The van der Waals surface area contributed by atoms with Gasteiger partial charge in [0.15, 0.2) is 5.60 Å². The molecule has 3 rings (SSSR count). The maximum Gasteiger partial charge on any atom is 0.218 e. The summed E-state index contributed by atoms with van der Waals surface area (Å²) in [5.41, 5.74) is 1.60. The van der Waals surface area contributed by atoms with Crippen LogP contribution in [0, 0.1) is 0 Å². The van der Waals surface area contributed by atoms with Gasteiger partial charge in [-0.15, -0.1) is 10.2 Å². The average molecular weight is 357 g/mol. The highest BCUT2D eigenvalue weighted by atomic mass is 35.5. The first kappa shape index (κ1) is 17.4. The molecule has 0 aliphatic heterocycles. The molecule has 0 aliphatic carbocycles. The third-order valence-electron chi connectivity index (χ3n) is 4.16. The number of hydrogen-bond acceptors (Lipinski definition) is 4. The van der Waals surface area contributed by atoms with Gasteiger partial charge in [-0.1, -0.05) is 54.9 Å². The van der Waals surface area contributed by atoms with Crippen LogP contribution in [-0.2, 0) is 12.0 Å². The largest absolute Gasteiger partial charge is 0.479 e. The third kappa shape index (κ3) is 4.17. The molecule has 1 atom stereocenters. The molecule has 6 heteroatoms. The van der Waals surface area contributed by atoms with Crippen molar-refractivity contribution in [3.63, 3.8) is 0 Å². The van der Waals surface area contributed by atoms with E-state index in [9.17, 15) is 0 Å². The van der Waals surface area contributed by atoms with Crippen LogP contribution in [0.25, 0.3) is 0 Å². The van der Waals surface area contributed by atoms with E-state index in [4.69, 9.17) is 16.3 Å². The Morgan fingerprint density at radius 1 is 1.08 bits per heavy atom. The summed E-state index contributed by atoms with van der Waals surface area (Å²) in [5, 5.41) is 15.2. The summed E-state index contributed by atoms with van der Waals surface area (Å²) < 4.78 is 6.30. The Morgan fingerprint density at radius 3 is 2.32 bits per heavy atom. The lowest BCUT2D eigenvalue weighted by molar-refractivity contribution is 0.0774. The lowest BCUT2D eigenvalue weighted by Crippen LogP contribution is -2.33. The van der Waals surface area contributed by atoms with Gasteiger partial charge in [0.25, 0.3) is 0 Å². The fourth-order valence-corrected chi connectivity index (χ4v) is 2.85. The molecule has 130 valence electrons. The summed E-state index contributed by atoms with van der Waals surface area (Å²) in [6, 6.07) is 15.8. The Hall–Kier alpha value is -2.40. The van der Waals surface area contributed by atoms with Crippen molar-refractivity contribution in [1.82, 2.24) is 20.6 Å². The standard InChI is InChI=1S/C19H21ClN4O/c1-13(2)15-6-10-17(11-7-15)25-19(3,18-21-23-24-22-18)12-14-4-8-16(20)9-5-14/h4-11,13H,12H2,1-3H3,(H,21,22,23,24)/t19-/m0/s1. The number of rotatable bonds is 6. The minimum atomic E-state index is -0.750. The van der Waals surface area contributed by atoms with Gasteiger partial charge in [0, 0.05) is 11.4 Å². The summed E-state index contributed by atoms with van der Waals surface area (Å²) in [7, 11) is 0. The zero-order valence-electron chi connectivity index (χ0n) is 14.5. The van der Waals surface area contributed by atoms with Gasteiger partial charge < -0.3 is 4.74 Å². The second-order valence-corrected chi connectivity index (χ2v) is 7.03. The van der Waals surface area contributed by atoms with Crippen LogP contribution in [0.2, 0.25) is 5.02 Å². The van der Waals surface area contributed by atoms with Crippen molar-refractivity contribution in [3.8, 4) is 5.75 Å². The Bertz CT molecular complexity index is 800. The molecular weight excluding hydrogens is 336 g/mol. The van der Waals surface area contributed by atoms with Crippen molar-refractivity contribution in [2.45, 2.75) is 38.7 Å². The van der Waals surface area contributed by atoms with Crippen LogP contribution in [0.15, 0.2) is 48.5 Å². The molecule has 5 nitrogen and oxygen atoms in total. The van der Waals surface area contributed by atoms with E-state index >= 15 is 0 Å². The van der Waals surface area contributed by atoms with Gasteiger partial charge in [0.2, 0.25) is 5.82 Å². The molecule has 1 heterocycles. The van der Waals surface area contributed by atoms with Crippen LogP contribution in [0.3, 0.4) is 0 Å². The first-order valence-corrected chi connectivity index (χ1v) is 8.61. The monoisotopic (exact) mass is 356 g/mol. The van der Waals surface area contributed by atoms with Gasteiger partial charge >= 0.3 is 0 Å². The van der Waals surface area contributed by atoms with E-state index in [2.05, 4.69) is 46.6 Å². The topological polar surface area (TPSA) is 63.7 Å². The number of H-pyrrole nitrogens is 1. The van der Waals surface area contributed by atoms with E-state index in [-0.39, 0.29) is 0 Å². The van der Waals surface area contributed by atoms with Gasteiger partial charge in [-0.2, -0.15) is 5.21 Å². The van der Waals surface area contributed by atoms with Gasteiger partial charge in [-0.25, -0.2) is 0 Å². The minimum Gasteiger partial charge on any atom is -0.479 e. The summed E-state index contributed by atoms with van der Waals surface area (Å²) >= 11 is 5.98. The second kappa shape index (κ2) is 7.23. The van der Waals surface area contributed by atoms with E-state index < -0.39 is 5.60 Å². The normalized spacial score (nSPS) is 13.6. The molecule has 3 aromatic rings. The molecule has 2 aromatic carbocycles. The zero-order valence-corrected chi connectivity index (χ0v) is 15.3. The van der Waals surface area contributed by atoms with Crippen LogP contribution in [0.4, 0.5) is 0 Å². The highest BCUT2D eigenvalue weighted by molar-refractivity contribution is 6.30. The van der Waals surface area contributed by atoms with Crippen LogP contribution < -0.4 is 4.74 Å². The maximum absolute atomic E-state index is 6.30. The number of tetrazole rings is 1. The van der Waals surface area contributed by atoms with Crippen molar-refractivity contribution in [2.75, 3.05) is 0 Å². The Balaban J connectivity index is 1.87. The minimum absolute atomic E-state index is 0.478. The SMILES string of the molecule is CC(C)c1ccc(O[C@@](C)(Cc2ccc(Cl)cc2)c2nn[nH]n2)cc1. The Kier molecular flexibility index (Phi) is 5.04. The Labute approximate surface area is 152 Å². The molecule has 0 aliphatic rings. The predicted octanol–water partition coefficient (Wildman–Crippen LogP) is 4.51. The van der Waals surface area contributed by atoms with Crippen molar-refractivity contribution in [1.29, 1.82) is 0 Å². The number of hydrogen-bond donors (Lipinski definition) is 1. The van der Waals surface area contributed by atoms with Crippen LogP contribution in [-0.4, -0.2) is 20.6 Å². The summed E-state index contributed by atoms with van der Waals surface area (Å²) in [6.07, 6.45) is 0.593. The zero-order chi connectivity index (χ0) is 17.9. The number of aromatic nitrogens is 4. The summed E-state index contributed by atoms with van der Waals surface area (Å²) in [6.45, 7) is 6.29. The summed E-state index contributed by atoms with van der Waals surface area (Å²) in [5.74, 6) is 1.76. The first-order valence-electron chi connectivity index (χ1n) is 8.23. The summed E-state index contributed by atoms with van der Waals surface area (Å²) in [4.78, 5) is 0. The molecule has 25 heavy (non-hydrogen) atoms. The first-order chi connectivity index (χ1) is 12.0. The Morgan fingerprint density at radius 2 is 1.76 bits per heavy atom. The number of ether oxygens (including phenoxy) is 1. The molecule has 0 amide bonds. The number of aromatic amines is 1. The number of nitrogens with one attached hydrogen (secondary N) is 1. The molecular formula is C19H21ClN4O. The fraction of sp³-hybridized carbons (Fsp3) is 0.316. The number of halogens is 1. The molecule has 0 radical (unpaired) electrons. The lowest BCUT2D eigenvalue weighted by Gasteiger charge is -2.28. The average Bonchev–Trinajstić information content (AvgIpc) is 3.13. The smallest absolute Gasteiger partial charge is 0.218 e. The molecule has 0 saturated carbocycles. The molecule has 1 N–H and O–H groups in total. The predicted molar refractivity (Wildman–Crippen MR) is 97.8 cm³/mol. The molecule has 0 unspecified atom stereocenters. The van der Waals surface area contributed by atoms with Gasteiger partial charge in [-0.05, 0) is 48.2 Å². The highest BCUT2D eigenvalue weighted by Gasteiger charge is 2.34. The van der Waals surface area contributed by atoms with Crippen molar-refractivity contribution >= 4 is 11.6 Å². The van der Waals surface area contributed by atoms with Crippen LogP contribution >= 0.6 is 11.6 Å². The maximum atomic E-state index is 6.30. The fourth-order valence-electron chi connectivity index (χ4n) is 2.72. The van der Waals surface area contributed by atoms with Gasteiger partial charge in [-0.3, -0.25) is 0 Å². The van der Waals surface area contributed by atoms with E-state index in [1.165, 1.54) is 5.56 Å². The quantitative estimate of drug-likeness (QED) is 0.705. The highest BCUT2D eigenvalue weighted by Crippen LogP contribution is 2.30. The lowest BCUT2D eigenvalue weighted by atomic mass is 9.95. The number of benzene rings is 2. The van der Waals surface area contributed by atoms with Gasteiger partial charge in [0.05, 0.1) is 0 Å². The number of nitrogens with zero attached hydrogens (tertiary/aromatic N) is 3. The molecule has 0 spiro atoms. The second-order valence-electron chi connectivity index (χ2n) is 6.60.